The molecule has 0 aliphatic carbocycles. The predicted octanol–water partition coefficient (Wildman–Crippen LogP) is 3.06. The van der Waals surface area contributed by atoms with Crippen LogP contribution in [0.3, 0.4) is 0 Å². The minimum Gasteiger partial charge on any atom is -0.497 e. The number of aliphatic imine (C=N–C) groups is 1. The Bertz CT molecular complexity index is 455. The Hall–Kier alpha value is -1.22. The van der Waals surface area contributed by atoms with Crippen molar-refractivity contribution < 1.29 is 14.2 Å². The molecule has 0 aliphatic rings. The van der Waals surface area contributed by atoms with Crippen molar-refractivity contribution in [3.63, 3.8) is 0 Å². The molecule has 0 fully saturated rings. The molecule has 144 valence electrons. The smallest absolute Gasteiger partial charge is 0.191 e. The maximum Gasteiger partial charge on any atom is 0.191 e. The first-order valence-corrected chi connectivity index (χ1v) is 8.67. The molecule has 0 spiro atoms. The Morgan fingerprint density at radius 3 is 2.36 bits per heavy atom. The van der Waals surface area contributed by atoms with Gasteiger partial charge in [-0.05, 0) is 44.5 Å². The van der Waals surface area contributed by atoms with E-state index in [9.17, 15) is 0 Å². The molecule has 0 saturated carbocycles. The van der Waals surface area contributed by atoms with Crippen molar-refractivity contribution in [3.8, 4) is 11.5 Å². The first kappa shape index (κ1) is 23.8. The number of ether oxygens (including phenoxy) is 3. The highest BCUT2D eigenvalue weighted by Crippen LogP contribution is 2.16. The Morgan fingerprint density at radius 1 is 1.00 bits per heavy atom. The molecule has 6 nitrogen and oxygen atoms in total. The standard InChI is InChI=1S/C18H31N3O3.HI/c1-4-19-18(20-12-6-14-23-5-2)21-13-7-15-24-17-10-8-16(22-3)9-11-17;/h8-11H,4-7,12-15H2,1-3H3,(H2,19,20,21);1H. The molecule has 0 saturated heterocycles. The fourth-order valence-corrected chi connectivity index (χ4v) is 1.98. The Balaban J connectivity index is 0.00000576. The van der Waals surface area contributed by atoms with E-state index in [0.29, 0.717) is 6.61 Å². The molecule has 0 heterocycles. The van der Waals surface area contributed by atoms with Gasteiger partial charge in [0.15, 0.2) is 5.96 Å². The summed E-state index contributed by atoms with van der Waals surface area (Å²) in [5.41, 5.74) is 0. The van der Waals surface area contributed by atoms with Gasteiger partial charge in [0.25, 0.3) is 0 Å². The largest absolute Gasteiger partial charge is 0.497 e. The Labute approximate surface area is 168 Å². The monoisotopic (exact) mass is 465 g/mol. The van der Waals surface area contributed by atoms with Crippen molar-refractivity contribution in [1.29, 1.82) is 0 Å². The Morgan fingerprint density at radius 2 is 1.72 bits per heavy atom. The van der Waals surface area contributed by atoms with E-state index >= 15 is 0 Å². The van der Waals surface area contributed by atoms with Gasteiger partial charge in [-0.15, -0.1) is 24.0 Å². The number of halogens is 1. The number of benzene rings is 1. The third-order valence-corrected chi connectivity index (χ3v) is 3.21. The summed E-state index contributed by atoms with van der Waals surface area (Å²) in [6, 6.07) is 7.60. The van der Waals surface area contributed by atoms with Crippen molar-refractivity contribution in [2.45, 2.75) is 26.7 Å². The molecule has 0 radical (unpaired) electrons. The van der Waals surface area contributed by atoms with Crippen molar-refractivity contribution >= 4 is 29.9 Å². The maximum absolute atomic E-state index is 5.69. The molecule has 0 amide bonds. The van der Waals surface area contributed by atoms with E-state index in [1.54, 1.807) is 7.11 Å². The van der Waals surface area contributed by atoms with Crippen LogP contribution in [0, 0.1) is 0 Å². The van der Waals surface area contributed by atoms with Crippen molar-refractivity contribution in [2.24, 2.45) is 4.99 Å². The van der Waals surface area contributed by atoms with Crippen LogP contribution in [0.15, 0.2) is 29.3 Å². The van der Waals surface area contributed by atoms with Crippen molar-refractivity contribution in [3.05, 3.63) is 24.3 Å². The lowest BCUT2D eigenvalue weighted by atomic mass is 10.3. The molecule has 25 heavy (non-hydrogen) atoms. The van der Waals surface area contributed by atoms with Gasteiger partial charge in [-0.25, -0.2) is 0 Å². The molecule has 0 atom stereocenters. The van der Waals surface area contributed by atoms with Crippen molar-refractivity contribution in [2.75, 3.05) is 46.6 Å². The van der Waals surface area contributed by atoms with Gasteiger partial charge < -0.3 is 24.8 Å². The first-order valence-electron chi connectivity index (χ1n) is 8.67. The van der Waals surface area contributed by atoms with E-state index < -0.39 is 0 Å². The van der Waals surface area contributed by atoms with Crippen LogP contribution < -0.4 is 20.1 Å². The summed E-state index contributed by atoms with van der Waals surface area (Å²) >= 11 is 0. The number of methoxy groups -OCH3 is 1. The molecule has 2 N–H and O–H groups in total. The van der Waals surface area contributed by atoms with Gasteiger partial charge in [0.05, 0.1) is 13.7 Å². The van der Waals surface area contributed by atoms with E-state index in [2.05, 4.69) is 22.5 Å². The molecule has 1 aromatic rings. The first-order chi connectivity index (χ1) is 11.8. The highest BCUT2D eigenvalue weighted by atomic mass is 127. The van der Waals surface area contributed by atoms with E-state index in [0.717, 1.165) is 63.1 Å². The molecular weight excluding hydrogens is 433 g/mol. The molecule has 1 aromatic carbocycles. The lowest BCUT2D eigenvalue weighted by Gasteiger charge is -2.11. The fraction of sp³-hybridized carbons (Fsp3) is 0.611. The number of hydrogen-bond acceptors (Lipinski definition) is 4. The highest BCUT2D eigenvalue weighted by molar-refractivity contribution is 14.0. The second kappa shape index (κ2) is 16.3. The topological polar surface area (TPSA) is 64.1 Å². The zero-order valence-corrected chi connectivity index (χ0v) is 17.9. The number of hydrogen-bond donors (Lipinski definition) is 2. The van der Waals surface area contributed by atoms with Crippen LogP contribution in [-0.2, 0) is 4.74 Å². The van der Waals surface area contributed by atoms with E-state index in [-0.39, 0.29) is 24.0 Å². The summed E-state index contributed by atoms with van der Waals surface area (Å²) < 4.78 is 16.1. The lowest BCUT2D eigenvalue weighted by molar-refractivity contribution is 0.145. The maximum atomic E-state index is 5.69. The van der Waals surface area contributed by atoms with Crippen LogP contribution >= 0.6 is 24.0 Å². The molecular formula is C18H32IN3O3. The summed E-state index contributed by atoms with van der Waals surface area (Å²) in [5, 5.41) is 6.54. The van der Waals surface area contributed by atoms with E-state index in [1.807, 2.05) is 31.2 Å². The third-order valence-electron chi connectivity index (χ3n) is 3.21. The highest BCUT2D eigenvalue weighted by Gasteiger charge is 1.98. The van der Waals surface area contributed by atoms with Gasteiger partial charge in [-0.2, -0.15) is 0 Å². The van der Waals surface area contributed by atoms with E-state index in [4.69, 9.17) is 14.2 Å². The van der Waals surface area contributed by atoms with Gasteiger partial charge in [0, 0.05) is 39.3 Å². The number of rotatable bonds is 12. The molecule has 1 rings (SSSR count). The van der Waals surface area contributed by atoms with Crippen LogP contribution in [-0.4, -0.2) is 52.5 Å². The number of nitrogens with one attached hydrogen (secondary N) is 2. The van der Waals surface area contributed by atoms with Crippen LogP contribution in [0.2, 0.25) is 0 Å². The van der Waals surface area contributed by atoms with E-state index in [1.165, 1.54) is 0 Å². The van der Waals surface area contributed by atoms with Gasteiger partial charge in [-0.3, -0.25) is 4.99 Å². The summed E-state index contributed by atoms with van der Waals surface area (Å²) in [5.74, 6) is 2.52. The molecule has 0 aliphatic heterocycles. The second-order valence-corrected chi connectivity index (χ2v) is 5.12. The summed E-state index contributed by atoms with van der Waals surface area (Å²) in [6.45, 7) is 8.67. The SMILES string of the molecule is CCNC(=NCCCOc1ccc(OC)cc1)NCCCOCC.I. The zero-order valence-electron chi connectivity index (χ0n) is 15.5. The minimum atomic E-state index is 0. The quantitative estimate of drug-likeness (QED) is 0.215. The summed E-state index contributed by atoms with van der Waals surface area (Å²) in [7, 11) is 1.65. The van der Waals surface area contributed by atoms with Crippen LogP contribution in [0.1, 0.15) is 26.7 Å². The molecule has 0 bridgehead atoms. The average Bonchev–Trinajstić information content (AvgIpc) is 2.61. The van der Waals surface area contributed by atoms with Gasteiger partial charge in [-0.1, -0.05) is 0 Å². The summed E-state index contributed by atoms with van der Waals surface area (Å²) in [4.78, 5) is 4.54. The lowest BCUT2D eigenvalue weighted by Crippen LogP contribution is -2.38. The molecule has 0 aromatic heterocycles. The average molecular weight is 465 g/mol. The number of nitrogens with zero attached hydrogens (tertiary/aromatic N) is 1. The van der Waals surface area contributed by atoms with Crippen LogP contribution in [0.4, 0.5) is 0 Å². The van der Waals surface area contributed by atoms with Gasteiger partial charge in [0.1, 0.15) is 11.5 Å². The zero-order chi connectivity index (χ0) is 17.5. The summed E-state index contributed by atoms with van der Waals surface area (Å²) in [6.07, 6.45) is 1.83. The molecule has 7 heteroatoms. The minimum absolute atomic E-state index is 0. The predicted molar refractivity (Wildman–Crippen MR) is 114 cm³/mol. The van der Waals surface area contributed by atoms with Crippen molar-refractivity contribution in [1.82, 2.24) is 10.6 Å². The molecule has 0 unspecified atom stereocenters. The third kappa shape index (κ3) is 11.9. The fourth-order valence-electron chi connectivity index (χ4n) is 1.98. The Kier molecular flexibility index (Phi) is 15.5. The second-order valence-electron chi connectivity index (χ2n) is 5.12. The van der Waals surface area contributed by atoms with Gasteiger partial charge in [0.2, 0.25) is 0 Å². The normalized spacial score (nSPS) is 10.8. The van der Waals surface area contributed by atoms with Crippen LogP contribution in [0.25, 0.3) is 0 Å². The number of guanidine groups is 1. The van der Waals surface area contributed by atoms with Gasteiger partial charge >= 0.3 is 0 Å². The van der Waals surface area contributed by atoms with Crippen LogP contribution in [0.5, 0.6) is 11.5 Å².